The molecule has 0 amide bonds. The van der Waals surface area contributed by atoms with E-state index >= 15 is 0 Å². The molecule has 178 valence electrons. The molecule has 11 nitrogen and oxygen atoms in total. The number of carbonyl (C=O) groups excluding carboxylic acids is 1. The maximum atomic E-state index is 12.2. The van der Waals surface area contributed by atoms with Crippen LogP contribution in [0.5, 0.6) is 11.5 Å². The van der Waals surface area contributed by atoms with Crippen LogP contribution in [0.1, 0.15) is 15.9 Å². The van der Waals surface area contributed by atoms with Gasteiger partial charge in [0, 0.05) is 13.6 Å². The molecule has 0 fully saturated rings. The Morgan fingerprint density at radius 1 is 1.09 bits per heavy atom. The molecular formula is C23H25N5O6. The summed E-state index contributed by atoms with van der Waals surface area (Å²) in [6.45, 7) is 0.370. The van der Waals surface area contributed by atoms with E-state index in [2.05, 4.69) is 15.3 Å². The molecule has 34 heavy (non-hydrogen) atoms. The van der Waals surface area contributed by atoms with Crippen LogP contribution in [0.4, 0.5) is 23.0 Å². The summed E-state index contributed by atoms with van der Waals surface area (Å²) in [5, 5.41) is 15.0. The third-order valence-electron chi connectivity index (χ3n) is 5.13. The Kier molecular flexibility index (Phi) is 7.80. The first-order chi connectivity index (χ1) is 16.4. The van der Waals surface area contributed by atoms with Crippen molar-refractivity contribution in [1.29, 1.82) is 0 Å². The van der Waals surface area contributed by atoms with Crippen molar-refractivity contribution < 1.29 is 23.9 Å². The fourth-order valence-electron chi connectivity index (χ4n) is 3.44. The highest BCUT2D eigenvalue weighted by atomic mass is 16.6. The van der Waals surface area contributed by atoms with Crippen molar-refractivity contribution in [1.82, 2.24) is 9.97 Å². The summed E-state index contributed by atoms with van der Waals surface area (Å²) < 4.78 is 15.4. The van der Waals surface area contributed by atoms with E-state index in [-0.39, 0.29) is 22.9 Å². The van der Waals surface area contributed by atoms with Gasteiger partial charge in [-0.1, -0.05) is 18.2 Å². The number of nitro groups is 1. The quantitative estimate of drug-likeness (QED) is 0.268. The lowest BCUT2D eigenvalue weighted by Gasteiger charge is -2.21. The van der Waals surface area contributed by atoms with E-state index in [1.54, 1.807) is 51.6 Å². The van der Waals surface area contributed by atoms with E-state index in [1.165, 1.54) is 18.3 Å². The van der Waals surface area contributed by atoms with E-state index < -0.39 is 10.9 Å². The van der Waals surface area contributed by atoms with Gasteiger partial charge in [-0.2, -0.15) is 0 Å². The Morgan fingerprint density at radius 2 is 1.82 bits per heavy atom. The molecule has 1 heterocycles. The lowest BCUT2D eigenvalue weighted by atomic mass is 10.1. The third-order valence-corrected chi connectivity index (χ3v) is 5.13. The molecule has 0 saturated carbocycles. The molecule has 0 unspecified atom stereocenters. The molecule has 11 heteroatoms. The Labute approximate surface area is 196 Å². The summed E-state index contributed by atoms with van der Waals surface area (Å²) >= 11 is 0. The maximum absolute atomic E-state index is 12.2. The number of rotatable bonds is 10. The number of nitrogens with zero attached hydrogens (tertiary/aromatic N) is 4. The highest BCUT2D eigenvalue weighted by Crippen LogP contribution is 2.36. The van der Waals surface area contributed by atoms with E-state index in [0.29, 0.717) is 30.2 Å². The molecule has 0 aliphatic carbocycles. The van der Waals surface area contributed by atoms with Gasteiger partial charge in [-0.25, -0.2) is 14.8 Å². The topological polar surface area (TPSA) is 129 Å². The van der Waals surface area contributed by atoms with E-state index in [1.807, 2.05) is 12.1 Å². The molecule has 0 bridgehead atoms. The van der Waals surface area contributed by atoms with Gasteiger partial charge >= 0.3 is 11.7 Å². The molecule has 0 saturated heterocycles. The zero-order valence-electron chi connectivity index (χ0n) is 19.3. The van der Waals surface area contributed by atoms with Gasteiger partial charge < -0.3 is 24.4 Å². The molecule has 2 aromatic carbocycles. The third kappa shape index (κ3) is 5.14. The number of hydrogen-bond acceptors (Lipinski definition) is 10. The minimum absolute atomic E-state index is 0.0324. The van der Waals surface area contributed by atoms with Gasteiger partial charge in [0.15, 0.2) is 11.5 Å². The molecule has 3 aromatic rings. The first kappa shape index (κ1) is 24.2. The number of ether oxygens (including phenoxy) is 3. The van der Waals surface area contributed by atoms with Crippen LogP contribution >= 0.6 is 0 Å². The summed E-state index contributed by atoms with van der Waals surface area (Å²) in [6, 6.07) is 12.2. The monoisotopic (exact) mass is 467 g/mol. The highest BCUT2D eigenvalue weighted by Gasteiger charge is 2.28. The van der Waals surface area contributed by atoms with Crippen LogP contribution in [0.3, 0.4) is 0 Å². The fourth-order valence-corrected chi connectivity index (χ4v) is 3.44. The minimum Gasteiger partial charge on any atom is -0.493 e. The first-order valence-electron chi connectivity index (χ1n) is 10.3. The smallest absolute Gasteiger partial charge is 0.353 e. The van der Waals surface area contributed by atoms with Crippen LogP contribution < -0.4 is 19.7 Å². The zero-order valence-corrected chi connectivity index (χ0v) is 19.3. The van der Waals surface area contributed by atoms with Gasteiger partial charge in [0.05, 0.1) is 37.5 Å². The first-order valence-corrected chi connectivity index (χ1v) is 10.3. The number of anilines is 3. The van der Waals surface area contributed by atoms with Crippen molar-refractivity contribution in [2.75, 3.05) is 45.1 Å². The summed E-state index contributed by atoms with van der Waals surface area (Å²) in [7, 11) is 5.98. The number of esters is 1. The number of methoxy groups -OCH3 is 3. The van der Waals surface area contributed by atoms with E-state index in [4.69, 9.17) is 14.2 Å². The van der Waals surface area contributed by atoms with Crippen LogP contribution in [-0.2, 0) is 11.2 Å². The largest absolute Gasteiger partial charge is 0.493 e. The molecular weight excluding hydrogens is 442 g/mol. The molecule has 0 aliphatic rings. The Hall–Kier alpha value is -4.41. The van der Waals surface area contributed by atoms with E-state index in [9.17, 15) is 14.9 Å². The summed E-state index contributed by atoms with van der Waals surface area (Å²) in [5.74, 6) is 0.752. The second kappa shape index (κ2) is 10.9. The van der Waals surface area contributed by atoms with Gasteiger partial charge in [-0.15, -0.1) is 0 Å². The average Bonchev–Trinajstić information content (AvgIpc) is 2.87. The predicted octanol–water partition coefficient (Wildman–Crippen LogP) is 3.61. The number of benzene rings is 2. The molecule has 1 N–H and O–H groups in total. The molecule has 3 rings (SSSR count). The van der Waals surface area contributed by atoms with Gasteiger partial charge in [0.1, 0.15) is 6.33 Å². The summed E-state index contributed by atoms with van der Waals surface area (Å²) in [5.41, 5.74) is 1.30. The summed E-state index contributed by atoms with van der Waals surface area (Å²) in [6.07, 6.45) is 1.79. The van der Waals surface area contributed by atoms with Crippen LogP contribution in [0.25, 0.3) is 0 Å². The second-order valence-corrected chi connectivity index (χ2v) is 7.09. The van der Waals surface area contributed by atoms with Crippen molar-refractivity contribution in [3.63, 3.8) is 0 Å². The standard InChI is InChI=1S/C23H25N5O6/c1-27(17-8-6-5-7-16(17)23(29)34-4)22-20(28(30)31)21(25-14-26-22)24-12-11-15-9-10-18(32-2)19(13-15)33-3/h5-10,13-14H,11-12H2,1-4H3,(H,24,25,26). The number of aromatic nitrogens is 2. The van der Waals surface area contributed by atoms with Crippen molar-refractivity contribution in [2.45, 2.75) is 6.42 Å². The summed E-state index contributed by atoms with van der Waals surface area (Å²) in [4.78, 5) is 33.3. The Morgan fingerprint density at radius 3 is 2.50 bits per heavy atom. The lowest BCUT2D eigenvalue weighted by Crippen LogP contribution is -2.19. The molecule has 0 aliphatic heterocycles. The van der Waals surface area contributed by atoms with Crippen LogP contribution in [-0.4, -0.2) is 55.8 Å². The normalized spacial score (nSPS) is 10.4. The lowest BCUT2D eigenvalue weighted by molar-refractivity contribution is -0.383. The van der Waals surface area contributed by atoms with Gasteiger partial charge in [0.25, 0.3) is 0 Å². The van der Waals surface area contributed by atoms with Crippen LogP contribution in [0.2, 0.25) is 0 Å². The number of hydrogen-bond donors (Lipinski definition) is 1. The number of nitrogens with one attached hydrogen (secondary N) is 1. The van der Waals surface area contributed by atoms with Gasteiger partial charge in [-0.3, -0.25) is 10.1 Å². The zero-order chi connectivity index (χ0) is 24.7. The fraction of sp³-hybridized carbons (Fsp3) is 0.261. The number of carbonyl (C=O) groups is 1. The molecule has 0 radical (unpaired) electrons. The van der Waals surface area contributed by atoms with Gasteiger partial charge in [-0.05, 0) is 36.2 Å². The highest BCUT2D eigenvalue weighted by molar-refractivity contribution is 5.97. The van der Waals surface area contributed by atoms with Crippen molar-refractivity contribution in [3.8, 4) is 11.5 Å². The van der Waals surface area contributed by atoms with Crippen LogP contribution in [0.15, 0.2) is 48.8 Å². The SMILES string of the molecule is COC(=O)c1ccccc1N(C)c1ncnc(NCCc2ccc(OC)c(OC)c2)c1[N+](=O)[O-]. The molecule has 0 atom stereocenters. The second-order valence-electron chi connectivity index (χ2n) is 7.09. The van der Waals surface area contributed by atoms with Crippen molar-refractivity contribution >= 4 is 29.0 Å². The average molecular weight is 467 g/mol. The molecule has 0 spiro atoms. The number of para-hydroxylation sites is 1. The molecule has 1 aromatic heterocycles. The Balaban J connectivity index is 1.86. The van der Waals surface area contributed by atoms with Crippen LogP contribution in [0, 0.1) is 10.1 Å². The van der Waals surface area contributed by atoms with Gasteiger partial charge in [0.2, 0.25) is 11.6 Å². The van der Waals surface area contributed by atoms with Crippen molar-refractivity contribution in [2.24, 2.45) is 0 Å². The minimum atomic E-state index is -0.563. The van der Waals surface area contributed by atoms with Crippen molar-refractivity contribution in [3.05, 3.63) is 70.0 Å². The maximum Gasteiger partial charge on any atom is 0.353 e. The Bertz CT molecular complexity index is 1190. The predicted molar refractivity (Wildman–Crippen MR) is 126 cm³/mol. The van der Waals surface area contributed by atoms with E-state index in [0.717, 1.165) is 5.56 Å².